The van der Waals surface area contributed by atoms with Crippen LogP contribution in [0.2, 0.25) is 0 Å². The summed E-state index contributed by atoms with van der Waals surface area (Å²) in [4.78, 5) is 14.6. The molecule has 0 saturated carbocycles. The number of urea groups is 1. The van der Waals surface area contributed by atoms with Crippen LogP contribution in [0.15, 0.2) is 67.0 Å². The zero-order valence-electron chi connectivity index (χ0n) is 16.6. The second-order valence-corrected chi connectivity index (χ2v) is 7.23. The maximum absolute atomic E-state index is 12.8. The number of amides is 2. The van der Waals surface area contributed by atoms with Crippen molar-refractivity contribution in [1.29, 1.82) is 0 Å². The molecule has 2 aromatic heterocycles. The Kier molecular flexibility index (Phi) is 4.51. The van der Waals surface area contributed by atoms with Gasteiger partial charge in [-0.15, -0.1) is 10.2 Å². The minimum absolute atomic E-state index is 0.119. The minimum atomic E-state index is -0.119. The van der Waals surface area contributed by atoms with Crippen molar-refractivity contribution in [3.63, 3.8) is 0 Å². The van der Waals surface area contributed by atoms with Crippen molar-refractivity contribution in [1.82, 2.24) is 29.4 Å². The van der Waals surface area contributed by atoms with E-state index in [1.54, 1.807) is 6.33 Å². The minimum Gasteiger partial charge on any atom is -0.320 e. The number of hydrogen-bond acceptors (Lipinski definition) is 4. The third kappa shape index (κ3) is 3.22. The highest BCUT2D eigenvalue weighted by Crippen LogP contribution is 2.30. The lowest BCUT2D eigenvalue weighted by atomic mass is 10.0. The van der Waals surface area contributed by atoms with Crippen molar-refractivity contribution in [3.05, 3.63) is 78.2 Å². The van der Waals surface area contributed by atoms with Crippen molar-refractivity contribution in [2.45, 2.75) is 13.0 Å². The molecule has 0 atom stereocenters. The van der Waals surface area contributed by atoms with Gasteiger partial charge in [-0.05, 0) is 24.3 Å². The summed E-state index contributed by atoms with van der Waals surface area (Å²) in [5.41, 5.74) is 4.63. The van der Waals surface area contributed by atoms with E-state index in [9.17, 15) is 4.79 Å². The van der Waals surface area contributed by atoms with E-state index in [1.807, 2.05) is 81.9 Å². The molecule has 30 heavy (non-hydrogen) atoms. The molecule has 0 unspecified atom stereocenters. The molecular formula is C22H21N7O. The van der Waals surface area contributed by atoms with Crippen LogP contribution in [-0.4, -0.2) is 42.0 Å². The van der Waals surface area contributed by atoms with E-state index < -0.39 is 0 Å². The first-order chi connectivity index (χ1) is 14.7. The second-order valence-electron chi connectivity index (χ2n) is 7.23. The van der Waals surface area contributed by atoms with Gasteiger partial charge in [-0.1, -0.05) is 36.4 Å². The summed E-state index contributed by atoms with van der Waals surface area (Å²) in [5.74, 6) is 0.670. The van der Waals surface area contributed by atoms with E-state index in [2.05, 4.69) is 15.5 Å². The van der Waals surface area contributed by atoms with Crippen LogP contribution in [0.4, 0.5) is 10.5 Å². The summed E-state index contributed by atoms with van der Waals surface area (Å²) in [6.07, 6.45) is 2.43. The van der Waals surface area contributed by atoms with Crippen molar-refractivity contribution in [3.8, 4) is 17.2 Å². The largest absolute Gasteiger partial charge is 0.322 e. The van der Waals surface area contributed by atoms with Gasteiger partial charge in [0.15, 0.2) is 5.82 Å². The Morgan fingerprint density at radius 2 is 1.77 bits per heavy atom. The maximum Gasteiger partial charge on any atom is 0.322 e. The zero-order valence-corrected chi connectivity index (χ0v) is 16.6. The Morgan fingerprint density at radius 3 is 2.53 bits per heavy atom. The van der Waals surface area contributed by atoms with Gasteiger partial charge in [-0.3, -0.25) is 9.25 Å². The normalized spacial score (nSPS) is 13.2. The molecule has 0 bridgehead atoms. The average molecular weight is 399 g/mol. The molecule has 2 amide bonds. The number of aromatic nitrogens is 5. The lowest BCUT2D eigenvalue weighted by molar-refractivity contribution is 0.206. The number of carbonyl (C=O) groups is 1. The summed E-state index contributed by atoms with van der Waals surface area (Å²) >= 11 is 0. The number of nitrogens with zero attached hydrogens (tertiary/aromatic N) is 6. The summed E-state index contributed by atoms with van der Waals surface area (Å²) < 4.78 is 3.81. The summed E-state index contributed by atoms with van der Waals surface area (Å²) in [6.45, 7) is 1.11. The van der Waals surface area contributed by atoms with Gasteiger partial charge in [0, 0.05) is 42.6 Å². The molecule has 4 aromatic rings. The highest BCUT2D eigenvalue weighted by molar-refractivity contribution is 5.89. The van der Waals surface area contributed by atoms with E-state index in [1.165, 1.54) is 0 Å². The molecule has 3 heterocycles. The number of benzene rings is 2. The highest BCUT2D eigenvalue weighted by atomic mass is 16.2. The van der Waals surface area contributed by atoms with Gasteiger partial charge in [0.2, 0.25) is 0 Å². The quantitative estimate of drug-likeness (QED) is 0.573. The molecule has 1 aliphatic rings. The Balaban J connectivity index is 1.46. The first kappa shape index (κ1) is 18.1. The summed E-state index contributed by atoms with van der Waals surface area (Å²) in [6, 6.07) is 19.3. The topological polar surface area (TPSA) is 80.9 Å². The molecule has 1 aliphatic heterocycles. The van der Waals surface area contributed by atoms with Crippen LogP contribution >= 0.6 is 0 Å². The fraction of sp³-hybridized carbons (Fsp3) is 0.182. The molecule has 8 nitrogen and oxygen atoms in total. The van der Waals surface area contributed by atoms with Gasteiger partial charge in [0.05, 0.1) is 6.54 Å². The molecule has 0 spiro atoms. The number of carbonyl (C=O) groups excluding carboxylic acids is 1. The molecule has 150 valence electrons. The Hall–Kier alpha value is -3.94. The van der Waals surface area contributed by atoms with Crippen LogP contribution in [0.1, 0.15) is 11.3 Å². The van der Waals surface area contributed by atoms with Crippen LogP contribution in [-0.2, 0) is 20.0 Å². The average Bonchev–Trinajstić information content (AvgIpc) is 3.39. The van der Waals surface area contributed by atoms with Crippen LogP contribution in [0.3, 0.4) is 0 Å². The Bertz CT molecular complexity index is 1180. The summed E-state index contributed by atoms with van der Waals surface area (Å²) in [5, 5.41) is 16.2. The monoisotopic (exact) mass is 399 g/mol. The van der Waals surface area contributed by atoms with E-state index in [0.29, 0.717) is 18.9 Å². The maximum atomic E-state index is 12.8. The smallest absolute Gasteiger partial charge is 0.320 e. The lowest BCUT2D eigenvalue weighted by Crippen LogP contribution is -2.39. The fourth-order valence-electron chi connectivity index (χ4n) is 3.84. The molecule has 2 aromatic carbocycles. The number of para-hydroxylation sites is 2. The van der Waals surface area contributed by atoms with Crippen LogP contribution < -0.4 is 5.32 Å². The van der Waals surface area contributed by atoms with Crippen molar-refractivity contribution in [2.24, 2.45) is 7.05 Å². The summed E-state index contributed by atoms with van der Waals surface area (Å²) in [7, 11) is 1.94. The molecule has 0 aliphatic carbocycles. The lowest BCUT2D eigenvalue weighted by Gasteiger charge is -2.27. The van der Waals surface area contributed by atoms with Crippen LogP contribution in [0.25, 0.3) is 17.2 Å². The predicted molar refractivity (Wildman–Crippen MR) is 113 cm³/mol. The molecule has 1 N–H and O–H groups in total. The molecular weight excluding hydrogens is 378 g/mol. The van der Waals surface area contributed by atoms with Crippen LogP contribution in [0, 0.1) is 0 Å². The third-order valence-corrected chi connectivity index (χ3v) is 5.35. The highest BCUT2D eigenvalue weighted by Gasteiger charge is 2.29. The van der Waals surface area contributed by atoms with Crippen molar-refractivity contribution < 1.29 is 4.79 Å². The van der Waals surface area contributed by atoms with Gasteiger partial charge in [-0.25, -0.2) is 4.79 Å². The van der Waals surface area contributed by atoms with E-state index in [4.69, 9.17) is 5.10 Å². The number of aryl methyl sites for hydroxylation is 1. The van der Waals surface area contributed by atoms with E-state index >= 15 is 0 Å². The van der Waals surface area contributed by atoms with Gasteiger partial charge in [0.25, 0.3) is 0 Å². The molecule has 8 heteroatoms. The van der Waals surface area contributed by atoms with Gasteiger partial charge >= 0.3 is 6.03 Å². The number of anilines is 1. The Morgan fingerprint density at radius 1 is 1.03 bits per heavy atom. The SMILES string of the molecule is Cn1nc(-c2nncn2-c2ccccc2)c2c1CCN(C(=O)Nc1ccccc1)C2. The number of nitrogens with one attached hydrogen (secondary N) is 1. The number of fused-ring (bicyclic) bond motifs is 1. The van der Waals surface area contributed by atoms with Crippen molar-refractivity contribution >= 4 is 11.7 Å². The standard InChI is InChI=1S/C22H21N7O/c1-27-19-12-13-28(22(30)24-16-8-4-2-5-9-16)14-18(19)20(26-27)21-25-23-15-29(21)17-10-6-3-7-11-17/h2-11,15H,12-14H2,1H3,(H,24,30). The Labute approximate surface area is 173 Å². The predicted octanol–water partition coefficient (Wildman–Crippen LogP) is 3.26. The third-order valence-electron chi connectivity index (χ3n) is 5.35. The van der Waals surface area contributed by atoms with E-state index in [-0.39, 0.29) is 6.03 Å². The van der Waals surface area contributed by atoms with Crippen molar-refractivity contribution in [2.75, 3.05) is 11.9 Å². The molecule has 0 radical (unpaired) electrons. The van der Waals surface area contributed by atoms with E-state index in [0.717, 1.165) is 34.7 Å². The molecule has 0 fully saturated rings. The number of rotatable bonds is 3. The molecule has 0 saturated heterocycles. The first-order valence-electron chi connectivity index (χ1n) is 9.82. The van der Waals surface area contributed by atoms with Gasteiger partial charge in [0.1, 0.15) is 12.0 Å². The van der Waals surface area contributed by atoms with Gasteiger partial charge < -0.3 is 10.2 Å². The van der Waals surface area contributed by atoms with Gasteiger partial charge in [-0.2, -0.15) is 5.10 Å². The second kappa shape index (κ2) is 7.47. The number of hydrogen-bond donors (Lipinski definition) is 1. The zero-order chi connectivity index (χ0) is 20.5. The fourth-order valence-corrected chi connectivity index (χ4v) is 3.84. The first-order valence-corrected chi connectivity index (χ1v) is 9.82. The van der Waals surface area contributed by atoms with Crippen LogP contribution in [0.5, 0.6) is 0 Å². The molecule has 5 rings (SSSR count).